The average Bonchev–Trinajstić information content (AvgIpc) is 3.21. The summed E-state index contributed by atoms with van der Waals surface area (Å²) in [6, 6.07) is 21.0. The molecule has 0 spiro atoms. The normalized spacial score (nSPS) is 12.3. The summed E-state index contributed by atoms with van der Waals surface area (Å²) >= 11 is 0. The van der Waals surface area contributed by atoms with Gasteiger partial charge in [0.05, 0.1) is 24.6 Å². The number of fused-ring (bicyclic) bond motifs is 1. The van der Waals surface area contributed by atoms with Crippen LogP contribution >= 0.6 is 0 Å². The molecule has 0 aliphatic heterocycles. The lowest BCUT2D eigenvalue weighted by Crippen LogP contribution is -2.14. The highest BCUT2D eigenvalue weighted by Crippen LogP contribution is 2.30. The molecule has 1 atom stereocenters. The van der Waals surface area contributed by atoms with E-state index in [1.54, 1.807) is 18.2 Å². The van der Waals surface area contributed by atoms with Gasteiger partial charge in [-0.1, -0.05) is 42.5 Å². The van der Waals surface area contributed by atoms with Crippen LogP contribution in [-0.4, -0.2) is 32.6 Å². The summed E-state index contributed by atoms with van der Waals surface area (Å²) in [4.78, 5) is 11.2. The van der Waals surface area contributed by atoms with Crippen molar-refractivity contribution in [2.45, 2.75) is 39.0 Å². The molecule has 1 heterocycles. The minimum absolute atomic E-state index is 0.103. The van der Waals surface area contributed by atoms with E-state index in [0.717, 1.165) is 33.3 Å². The number of benzene rings is 3. The van der Waals surface area contributed by atoms with E-state index in [0.29, 0.717) is 11.3 Å². The first-order valence-corrected chi connectivity index (χ1v) is 11.3. The van der Waals surface area contributed by atoms with E-state index in [4.69, 9.17) is 15.6 Å². The molecule has 3 aromatic carbocycles. The topological polar surface area (TPSA) is 111 Å². The Morgan fingerprint density at radius 3 is 2.56 bits per heavy atom. The maximum Gasteiger partial charge on any atom is 0.307 e. The van der Waals surface area contributed by atoms with Crippen molar-refractivity contribution >= 4 is 16.9 Å². The number of nitrogens with zero attached hydrogens (tertiary/aromatic N) is 2. The number of aliphatic hydroxyl groups is 1. The number of nitrogens with two attached hydrogens (primary N) is 1. The predicted octanol–water partition coefficient (Wildman–Crippen LogP) is 4.48. The Kier molecular flexibility index (Phi) is 6.95. The van der Waals surface area contributed by atoms with Gasteiger partial charge in [-0.3, -0.25) is 9.48 Å². The summed E-state index contributed by atoms with van der Waals surface area (Å²) < 4.78 is 8.02. The Morgan fingerprint density at radius 1 is 1.06 bits per heavy atom. The first-order chi connectivity index (χ1) is 16.4. The number of para-hydroxylation sites is 1. The number of carboxylic acid groups (broad SMARTS) is 1. The number of hydrogen-bond donors (Lipinski definition) is 3. The molecule has 0 unspecified atom stereocenters. The van der Waals surface area contributed by atoms with Gasteiger partial charge in [-0.2, -0.15) is 5.10 Å². The molecular formula is C27H29N3O4. The van der Waals surface area contributed by atoms with Gasteiger partial charge in [-0.25, -0.2) is 0 Å². The minimum Gasteiger partial charge on any atom is -0.487 e. The second-order valence-corrected chi connectivity index (χ2v) is 8.60. The van der Waals surface area contributed by atoms with Crippen molar-refractivity contribution in [2.24, 2.45) is 5.73 Å². The number of carboxylic acids is 1. The van der Waals surface area contributed by atoms with Gasteiger partial charge in [0.25, 0.3) is 0 Å². The summed E-state index contributed by atoms with van der Waals surface area (Å²) in [7, 11) is 0. The summed E-state index contributed by atoms with van der Waals surface area (Å²) in [6.45, 7) is 4.25. The minimum atomic E-state index is -0.904. The molecule has 34 heavy (non-hydrogen) atoms. The van der Waals surface area contributed by atoms with Gasteiger partial charge < -0.3 is 20.7 Å². The molecule has 176 valence electrons. The molecule has 0 saturated carbocycles. The Labute approximate surface area is 198 Å². The van der Waals surface area contributed by atoms with E-state index >= 15 is 0 Å². The molecule has 7 nitrogen and oxygen atoms in total. The third kappa shape index (κ3) is 4.95. The third-order valence-corrected chi connectivity index (χ3v) is 5.80. The van der Waals surface area contributed by atoms with E-state index in [1.165, 1.54) is 0 Å². The van der Waals surface area contributed by atoms with Crippen molar-refractivity contribution in [1.29, 1.82) is 0 Å². The molecular weight excluding hydrogens is 430 g/mol. The SMILES string of the molecule is CC(C)n1nc(COc2ccccc2CC(=O)O)c2cc(-c3cccc([C@H](N)CO)c3)ccc21. The van der Waals surface area contributed by atoms with E-state index in [-0.39, 0.29) is 25.7 Å². The first kappa shape index (κ1) is 23.5. The Balaban J connectivity index is 1.71. The summed E-state index contributed by atoms with van der Waals surface area (Å²) in [5, 5.41) is 24.4. The van der Waals surface area contributed by atoms with Crippen LogP contribution in [0.2, 0.25) is 0 Å². The maximum atomic E-state index is 11.2. The van der Waals surface area contributed by atoms with Crippen molar-refractivity contribution in [1.82, 2.24) is 9.78 Å². The van der Waals surface area contributed by atoms with E-state index in [9.17, 15) is 15.0 Å². The van der Waals surface area contributed by atoms with Crippen LogP contribution in [0.15, 0.2) is 66.7 Å². The number of ether oxygens (including phenoxy) is 1. The van der Waals surface area contributed by atoms with Crippen molar-refractivity contribution < 1.29 is 19.7 Å². The molecule has 0 aliphatic carbocycles. The van der Waals surface area contributed by atoms with Gasteiger partial charge >= 0.3 is 5.97 Å². The second kappa shape index (κ2) is 10.1. The highest BCUT2D eigenvalue weighted by Gasteiger charge is 2.16. The van der Waals surface area contributed by atoms with Crippen LogP contribution in [-0.2, 0) is 17.8 Å². The van der Waals surface area contributed by atoms with Crippen LogP contribution < -0.4 is 10.5 Å². The van der Waals surface area contributed by atoms with Gasteiger partial charge in [0.2, 0.25) is 0 Å². The van der Waals surface area contributed by atoms with E-state index in [1.807, 2.05) is 35.0 Å². The lowest BCUT2D eigenvalue weighted by Gasteiger charge is -2.11. The average molecular weight is 460 g/mol. The number of carbonyl (C=O) groups is 1. The second-order valence-electron chi connectivity index (χ2n) is 8.60. The summed E-state index contributed by atoms with van der Waals surface area (Å²) in [5.41, 5.74) is 11.3. The third-order valence-electron chi connectivity index (χ3n) is 5.80. The molecule has 0 radical (unpaired) electrons. The highest BCUT2D eigenvalue weighted by molar-refractivity contribution is 5.87. The Hall–Kier alpha value is -3.68. The molecule has 4 N–H and O–H groups in total. The predicted molar refractivity (Wildman–Crippen MR) is 132 cm³/mol. The summed E-state index contributed by atoms with van der Waals surface area (Å²) in [5.74, 6) is -0.364. The van der Waals surface area contributed by atoms with Gasteiger partial charge in [-0.15, -0.1) is 0 Å². The molecule has 0 saturated heterocycles. The van der Waals surface area contributed by atoms with Gasteiger partial charge in [0.1, 0.15) is 18.1 Å². The molecule has 7 heteroatoms. The lowest BCUT2D eigenvalue weighted by molar-refractivity contribution is -0.136. The Bertz CT molecular complexity index is 1310. The molecule has 4 aromatic rings. The number of aliphatic hydroxyl groups excluding tert-OH is 1. The van der Waals surface area contributed by atoms with Crippen LogP contribution in [0.5, 0.6) is 5.75 Å². The van der Waals surface area contributed by atoms with Crippen molar-refractivity contribution in [3.05, 3.63) is 83.6 Å². The molecule has 0 amide bonds. The maximum absolute atomic E-state index is 11.2. The van der Waals surface area contributed by atoms with E-state index in [2.05, 4.69) is 32.0 Å². The largest absolute Gasteiger partial charge is 0.487 e. The fourth-order valence-corrected chi connectivity index (χ4v) is 4.04. The standard InChI is InChI=1S/C27H29N3O4/c1-17(2)30-25-11-10-19(18-7-5-8-20(12-18)23(28)15-31)13-22(25)24(29-30)16-34-26-9-4-3-6-21(26)14-27(32)33/h3-13,17,23,31H,14-16,28H2,1-2H3,(H,32,33)/t23-/m1/s1. The van der Waals surface area contributed by atoms with E-state index < -0.39 is 12.0 Å². The molecule has 1 aromatic heterocycles. The smallest absolute Gasteiger partial charge is 0.307 e. The number of aliphatic carboxylic acids is 1. The zero-order valence-corrected chi connectivity index (χ0v) is 19.3. The molecule has 0 fully saturated rings. The van der Waals surface area contributed by atoms with Crippen LogP contribution in [0.1, 0.15) is 42.8 Å². The lowest BCUT2D eigenvalue weighted by atomic mass is 9.98. The van der Waals surface area contributed by atoms with Crippen molar-refractivity contribution in [2.75, 3.05) is 6.61 Å². The number of rotatable bonds is 9. The monoisotopic (exact) mass is 459 g/mol. The fraction of sp³-hybridized carbons (Fsp3) is 0.259. The Morgan fingerprint density at radius 2 is 1.82 bits per heavy atom. The fourth-order valence-electron chi connectivity index (χ4n) is 4.04. The van der Waals surface area contributed by atoms with Crippen molar-refractivity contribution in [3.63, 3.8) is 0 Å². The number of aromatic nitrogens is 2. The quantitative estimate of drug-likeness (QED) is 0.340. The number of hydrogen-bond acceptors (Lipinski definition) is 5. The van der Waals surface area contributed by atoms with Crippen LogP contribution in [0.3, 0.4) is 0 Å². The molecule has 0 bridgehead atoms. The van der Waals surface area contributed by atoms with Crippen LogP contribution in [0, 0.1) is 0 Å². The van der Waals surface area contributed by atoms with Gasteiger partial charge in [-0.05, 0) is 54.8 Å². The molecule has 4 rings (SSSR count). The summed E-state index contributed by atoms with van der Waals surface area (Å²) in [6.07, 6.45) is -0.103. The van der Waals surface area contributed by atoms with Gasteiger partial charge in [0.15, 0.2) is 0 Å². The zero-order valence-electron chi connectivity index (χ0n) is 19.3. The zero-order chi connectivity index (χ0) is 24.2. The van der Waals surface area contributed by atoms with Crippen molar-refractivity contribution in [3.8, 4) is 16.9 Å². The molecule has 0 aliphatic rings. The first-order valence-electron chi connectivity index (χ1n) is 11.3. The van der Waals surface area contributed by atoms with Crippen LogP contribution in [0.25, 0.3) is 22.0 Å². The highest BCUT2D eigenvalue weighted by atomic mass is 16.5. The van der Waals surface area contributed by atoms with Crippen LogP contribution in [0.4, 0.5) is 0 Å². The van der Waals surface area contributed by atoms with Gasteiger partial charge in [0, 0.05) is 17.0 Å².